The van der Waals surface area contributed by atoms with Crippen LogP contribution in [0.5, 0.6) is 0 Å². The molecule has 7 heteroatoms. The van der Waals surface area contributed by atoms with Gasteiger partial charge in [-0.15, -0.1) is 0 Å². The predicted octanol–water partition coefficient (Wildman–Crippen LogP) is 4.95. The highest BCUT2D eigenvalue weighted by Gasteiger charge is 2.31. The van der Waals surface area contributed by atoms with Gasteiger partial charge in [-0.05, 0) is 32.0 Å². The van der Waals surface area contributed by atoms with Gasteiger partial charge in [-0.25, -0.2) is 9.97 Å². The van der Waals surface area contributed by atoms with Gasteiger partial charge in [0.15, 0.2) is 11.3 Å². The molecule has 130 valence electrons. The highest BCUT2D eigenvalue weighted by atomic mass is 79.9. The number of aromatic nitrogens is 2. The van der Waals surface area contributed by atoms with Crippen LogP contribution in [0.15, 0.2) is 53.0 Å². The van der Waals surface area contributed by atoms with Gasteiger partial charge in [-0.2, -0.15) is 0 Å². The second-order valence-electron chi connectivity index (χ2n) is 5.23. The van der Waals surface area contributed by atoms with Crippen molar-refractivity contribution in [3.63, 3.8) is 0 Å². The van der Waals surface area contributed by atoms with Crippen molar-refractivity contribution >= 4 is 39.9 Å². The Labute approximate surface area is 155 Å². The topological polar surface area (TPSA) is 61.3 Å². The minimum absolute atomic E-state index is 0.267. The third kappa shape index (κ3) is 3.82. The fraction of sp³-hybridized carbons (Fsp3) is 0.222. The first-order valence-electron chi connectivity index (χ1n) is 8.00. The average Bonchev–Trinajstić information content (AvgIpc) is 2.62. The van der Waals surface area contributed by atoms with E-state index in [0.717, 1.165) is 10.0 Å². The van der Waals surface area contributed by atoms with Crippen molar-refractivity contribution in [1.29, 1.82) is 0 Å². The summed E-state index contributed by atoms with van der Waals surface area (Å²) in [7, 11) is -3.53. The van der Waals surface area contributed by atoms with Gasteiger partial charge in [0, 0.05) is 15.4 Å². The molecule has 0 aliphatic heterocycles. The second kappa shape index (κ2) is 7.75. The molecule has 0 radical (unpaired) electrons. The summed E-state index contributed by atoms with van der Waals surface area (Å²) in [6.45, 7) is 4.10. The molecular formula is C18H18BrN2O3P. The first-order chi connectivity index (χ1) is 12.1. The van der Waals surface area contributed by atoms with E-state index in [-0.39, 0.29) is 13.2 Å². The summed E-state index contributed by atoms with van der Waals surface area (Å²) in [6, 6.07) is 15.1. The van der Waals surface area contributed by atoms with E-state index in [1.54, 1.807) is 13.8 Å². The van der Waals surface area contributed by atoms with Gasteiger partial charge in [0.1, 0.15) is 0 Å². The molecule has 0 saturated carbocycles. The molecule has 2 aromatic carbocycles. The van der Waals surface area contributed by atoms with Crippen LogP contribution in [0.3, 0.4) is 0 Å². The SMILES string of the molecule is CCOP(=O)(OCC)c1nc(-c2ccc(Br)cc2)nc2ccccc12. The van der Waals surface area contributed by atoms with E-state index in [0.29, 0.717) is 22.2 Å². The van der Waals surface area contributed by atoms with Crippen molar-refractivity contribution < 1.29 is 13.6 Å². The van der Waals surface area contributed by atoms with Crippen molar-refractivity contribution in [1.82, 2.24) is 9.97 Å². The summed E-state index contributed by atoms with van der Waals surface area (Å²) in [5.74, 6) is 0.487. The van der Waals surface area contributed by atoms with Crippen molar-refractivity contribution in [2.75, 3.05) is 13.2 Å². The molecule has 0 bridgehead atoms. The van der Waals surface area contributed by atoms with E-state index < -0.39 is 7.60 Å². The number of para-hydroxylation sites is 1. The summed E-state index contributed by atoms with van der Waals surface area (Å²) in [5, 5.41) is 0.675. The molecule has 0 fully saturated rings. The Bertz CT molecular complexity index is 921. The van der Waals surface area contributed by atoms with Gasteiger partial charge in [0.05, 0.1) is 18.7 Å². The minimum Gasteiger partial charge on any atom is -0.304 e. The number of rotatable bonds is 6. The predicted molar refractivity (Wildman–Crippen MR) is 103 cm³/mol. The molecule has 3 rings (SSSR count). The van der Waals surface area contributed by atoms with Gasteiger partial charge in [0.25, 0.3) is 0 Å². The van der Waals surface area contributed by atoms with Crippen molar-refractivity contribution in [2.45, 2.75) is 13.8 Å². The molecule has 25 heavy (non-hydrogen) atoms. The lowest BCUT2D eigenvalue weighted by molar-refractivity contribution is 0.229. The van der Waals surface area contributed by atoms with Gasteiger partial charge >= 0.3 is 7.60 Å². The molecule has 0 N–H and O–H groups in total. The lowest BCUT2D eigenvalue weighted by Crippen LogP contribution is -2.17. The van der Waals surface area contributed by atoms with E-state index in [1.807, 2.05) is 48.5 Å². The number of hydrogen-bond donors (Lipinski definition) is 0. The Kier molecular flexibility index (Phi) is 5.64. The molecule has 3 aromatic rings. The van der Waals surface area contributed by atoms with Crippen LogP contribution in [-0.4, -0.2) is 23.2 Å². The largest absolute Gasteiger partial charge is 0.380 e. The Morgan fingerprint density at radius 3 is 2.24 bits per heavy atom. The zero-order valence-corrected chi connectivity index (χ0v) is 16.5. The Hall–Kier alpha value is -1.59. The second-order valence-corrected chi connectivity index (χ2v) is 8.08. The number of hydrogen-bond acceptors (Lipinski definition) is 5. The Morgan fingerprint density at radius 1 is 0.960 bits per heavy atom. The number of fused-ring (bicyclic) bond motifs is 1. The van der Waals surface area contributed by atoms with Crippen LogP contribution in [0.2, 0.25) is 0 Å². The summed E-state index contributed by atoms with van der Waals surface area (Å²) in [4.78, 5) is 9.18. The normalized spacial score (nSPS) is 11.8. The maximum absolute atomic E-state index is 13.3. The monoisotopic (exact) mass is 420 g/mol. The summed E-state index contributed by atoms with van der Waals surface area (Å²) < 4.78 is 25.3. The summed E-state index contributed by atoms with van der Waals surface area (Å²) in [5.41, 5.74) is 1.83. The molecule has 0 saturated heterocycles. The van der Waals surface area contributed by atoms with E-state index >= 15 is 0 Å². The van der Waals surface area contributed by atoms with Crippen LogP contribution >= 0.6 is 23.5 Å². The van der Waals surface area contributed by atoms with E-state index in [4.69, 9.17) is 9.05 Å². The van der Waals surface area contributed by atoms with Crippen LogP contribution < -0.4 is 5.44 Å². The lowest BCUT2D eigenvalue weighted by atomic mass is 10.2. The van der Waals surface area contributed by atoms with Crippen LogP contribution in [-0.2, 0) is 13.6 Å². The van der Waals surface area contributed by atoms with Gasteiger partial charge in [-0.3, -0.25) is 4.57 Å². The van der Waals surface area contributed by atoms with Crippen molar-refractivity contribution in [3.8, 4) is 11.4 Å². The van der Waals surface area contributed by atoms with Gasteiger partial charge in [-0.1, -0.05) is 46.3 Å². The van der Waals surface area contributed by atoms with Crippen LogP contribution in [0.25, 0.3) is 22.3 Å². The first kappa shape index (κ1) is 18.2. The fourth-order valence-electron chi connectivity index (χ4n) is 2.50. The number of benzene rings is 2. The van der Waals surface area contributed by atoms with Gasteiger partial charge < -0.3 is 9.05 Å². The molecule has 1 aromatic heterocycles. The maximum atomic E-state index is 13.3. The highest BCUT2D eigenvalue weighted by Crippen LogP contribution is 2.48. The van der Waals surface area contributed by atoms with E-state index in [1.165, 1.54) is 0 Å². The van der Waals surface area contributed by atoms with Gasteiger partial charge in [0.2, 0.25) is 0 Å². The Balaban J connectivity index is 2.25. The molecule has 0 spiro atoms. The maximum Gasteiger partial charge on any atom is 0.380 e. The standard InChI is InChI=1S/C18H18BrN2O3P/c1-3-23-25(22,24-4-2)18-15-7-5-6-8-16(15)20-17(21-18)13-9-11-14(19)12-10-13/h5-12H,3-4H2,1-2H3. The summed E-state index contributed by atoms with van der Waals surface area (Å²) in [6.07, 6.45) is 0. The number of nitrogens with zero attached hydrogens (tertiary/aromatic N) is 2. The molecule has 5 nitrogen and oxygen atoms in total. The van der Waals surface area contributed by atoms with Crippen molar-refractivity contribution in [3.05, 3.63) is 53.0 Å². The third-order valence-electron chi connectivity index (χ3n) is 3.54. The van der Waals surface area contributed by atoms with Crippen LogP contribution in [0.1, 0.15) is 13.8 Å². The quantitative estimate of drug-likeness (QED) is 0.527. The summed E-state index contributed by atoms with van der Waals surface area (Å²) >= 11 is 3.42. The molecule has 0 aliphatic rings. The Morgan fingerprint density at radius 2 is 1.60 bits per heavy atom. The van der Waals surface area contributed by atoms with Crippen LogP contribution in [0, 0.1) is 0 Å². The molecular weight excluding hydrogens is 403 g/mol. The minimum atomic E-state index is -3.53. The average molecular weight is 421 g/mol. The number of halogens is 1. The molecule has 1 heterocycles. The van der Waals surface area contributed by atoms with E-state index in [9.17, 15) is 4.57 Å². The smallest absolute Gasteiger partial charge is 0.304 e. The molecule has 0 unspecified atom stereocenters. The molecule has 0 amide bonds. The lowest BCUT2D eigenvalue weighted by Gasteiger charge is -2.18. The molecule has 0 aliphatic carbocycles. The first-order valence-corrected chi connectivity index (χ1v) is 10.3. The fourth-order valence-corrected chi connectivity index (χ4v) is 4.46. The third-order valence-corrected chi connectivity index (χ3v) is 6.13. The zero-order chi connectivity index (χ0) is 17.9. The molecule has 0 atom stereocenters. The highest BCUT2D eigenvalue weighted by molar-refractivity contribution is 9.10. The van der Waals surface area contributed by atoms with Crippen molar-refractivity contribution in [2.24, 2.45) is 0 Å². The zero-order valence-electron chi connectivity index (χ0n) is 14.0. The van der Waals surface area contributed by atoms with Crippen LogP contribution in [0.4, 0.5) is 0 Å². The van der Waals surface area contributed by atoms with E-state index in [2.05, 4.69) is 25.9 Å².